The Morgan fingerprint density at radius 1 is 1.37 bits per heavy atom. The van der Waals surface area contributed by atoms with Crippen LogP contribution in [0.3, 0.4) is 0 Å². The minimum absolute atomic E-state index is 0.0303. The SMILES string of the molecule is NC(c1sccc1Br)C1CCOC2(CCOCC2)C1. The molecule has 106 valence electrons. The van der Waals surface area contributed by atoms with Crippen LogP contribution in [0.2, 0.25) is 0 Å². The Labute approximate surface area is 126 Å². The van der Waals surface area contributed by atoms with Gasteiger partial charge < -0.3 is 15.2 Å². The van der Waals surface area contributed by atoms with E-state index in [1.165, 1.54) is 4.88 Å². The molecule has 1 aromatic heterocycles. The van der Waals surface area contributed by atoms with Gasteiger partial charge in [0.2, 0.25) is 0 Å². The Morgan fingerprint density at radius 2 is 2.16 bits per heavy atom. The van der Waals surface area contributed by atoms with E-state index in [0.717, 1.165) is 50.0 Å². The monoisotopic (exact) mass is 345 g/mol. The molecule has 3 nitrogen and oxygen atoms in total. The van der Waals surface area contributed by atoms with Gasteiger partial charge in [0.05, 0.1) is 5.60 Å². The Kier molecular flexibility index (Phi) is 4.29. The molecule has 3 heterocycles. The molecule has 3 rings (SSSR count). The number of hydrogen-bond donors (Lipinski definition) is 1. The molecule has 19 heavy (non-hydrogen) atoms. The van der Waals surface area contributed by atoms with Crippen molar-refractivity contribution in [3.63, 3.8) is 0 Å². The van der Waals surface area contributed by atoms with Gasteiger partial charge in [0.15, 0.2) is 0 Å². The molecule has 0 saturated carbocycles. The van der Waals surface area contributed by atoms with Crippen molar-refractivity contribution < 1.29 is 9.47 Å². The topological polar surface area (TPSA) is 44.5 Å². The van der Waals surface area contributed by atoms with Crippen molar-refractivity contribution in [1.29, 1.82) is 0 Å². The number of halogens is 1. The Balaban J connectivity index is 1.72. The van der Waals surface area contributed by atoms with Gasteiger partial charge in [-0.3, -0.25) is 0 Å². The lowest BCUT2D eigenvalue weighted by Crippen LogP contribution is -2.46. The number of hydrogen-bond acceptors (Lipinski definition) is 4. The summed E-state index contributed by atoms with van der Waals surface area (Å²) < 4.78 is 12.7. The van der Waals surface area contributed by atoms with Gasteiger partial charge in [-0.25, -0.2) is 0 Å². The quantitative estimate of drug-likeness (QED) is 0.892. The molecule has 1 spiro atoms. The highest BCUT2D eigenvalue weighted by molar-refractivity contribution is 9.10. The van der Waals surface area contributed by atoms with Gasteiger partial charge in [0.25, 0.3) is 0 Å². The molecule has 2 saturated heterocycles. The smallest absolute Gasteiger partial charge is 0.0729 e. The number of thiophene rings is 1. The van der Waals surface area contributed by atoms with Crippen LogP contribution in [0, 0.1) is 5.92 Å². The fourth-order valence-corrected chi connectivity index (χ4v) is 4.95. The van der Waals surface area contributed by atoms with E-state index in [2.05, 4.69) is 27.4 Å². The van der Waals surface area contributed by atoms with Crippen molar-refractivity contribution >= 4 is 27.3 Å². The van der Waals surface area contributed by atoms with Gasteiger partial charge in [-0.05, 0) is 59.0 Å². The van der Waals surface area contributed by atoms with E-state index in [-0.39, 0.29) is 11.6 Å². The Morgan fingerprint density at radius 3 is 2.84 bits per heavy atom. The second kappa shape index (κ2) is 5.82. The highest BCUT2D eigenvalue weighted by atomic mass is 79.9. The number of nitrogens with two attached hydrogens (primary N) is 1. The lowest BCUT2D eigenvalue weighted by atomic mass is 9.77. The minimum Gasteiger partial charge on any atom is -0.381 e. The molecule has 2 atom stereocenters. The summed E-state index contributed by atoms with van der Waals surface area (Å²) in [5.41, 5.74) is 6.53. The third kappa shape index (κ3) is 2.90. The summed E-state index contributed by atoms with van der Waals surface area (Å²) in [6, 6.07) is 2.21. The number of rotatable bonds is 2. The highest BCUT2D eigenvalue weighted by Gasteiger charge is 2.41. The second-order valence-electron chi connectivity index (χ2n) is 5.56. The summed E-state index contributed by atoms with van der Waals surface area (Å²) >= 11 is 5.35. The van der Waals surface area contributed by atoms with Crippen LogP contribution in [0.4, 0.5) is 0 Å². The van der Waals surface area contributed by atoms with Crippen molar-refractivity contribution in [3.8, 4) is 0 Å². The van der Waals surface area contributed by atoms with E-state index in [0.29, 0.717) is 5.92 Å². The maximum Gasteiger partial charge on any atom is 0.0729 e. The van der Waals surface area contributed by atoms with Crippen LogP contribution in [-0.2, 0) is 9.47 Å². The van der Waals surface area contributed by atoms with Gasteiger partial charge in [-0.1, -0.05) is 0 Å². The zero-order chi connectivity index (χ0) is 13.3. The zero-order valence-corrected chi connectivity index (χ0v) is 13.3. The summed E-state index contributed by atoms with van der Waals surface area (Å²) in [7, 11) is 0. The van der Waals surface area contributed by atoms with Crippen LogP contribution >= 0.6 is 27.3 Å². The first-order chi connectivity index (χ1) is 9.20. The first-order valence-corrected chi connectivity index (χ1v) is 8.58. The van der Waals surface area contributed by atoms with Crippen LogP contribution in [-0.4, -0.2) is 25.4 Å². The van der Waals surface area contributed by atoms with Crippen molar-refractivity contribution in [2.24, 2.45) is 11.7 Å². The van der Waals surface area contributed by atoms with Gasteiger partial charge in [-0.2, -0.15) is 0 Å². The third-order valence-corrected chi connectivity index (χ3v) is 6.36. The van der Waals surface area contributed by atoms with E-state index in [1.807, 2.05) is 0 Å². The molecule has 0 aromatic carbocycles. The first-order valence-electron chi connectivity index (χ1n) is 6.90. The molecule has 0 aliphatic carbocycles. The van der Waals surface area contributed by atoms with Gasteiger partial charge in [-0.15, -0.1) is 11.3 Å². The summed E-state index contributed by atoms with van der Waals surface area (Å²) in [6.45, 7) is 2.48. The predicted octanol–water partition coefficient (Wildman–Crippen LogP) is 3.49. The van der Waals surface area contributed by atoms with Gasteiger partial charge in [0.1, 0.15) is 0 Å². The summed E-state index contributed by atoms with van der Waals surface area (Å²) in [5, 5.41) is 2.10. The molecule has 2 aliphatic rings. The molecule has 2 fully saturated rings. The molecule has 1 aromatic rings. The first kappa shape index (κ1) is 14.0. The number of ether oxygens (including phenoxy) is 2. The molecular weight excluding hydrogens is 326 g/mol. The largest absolute Gasteiger partial charge is 0.381 e. The van der Waals surface area contributed by atoms with E-state index >= 15 is 0 Å². The van der Waals surface area contributed by atoms with Crippen molar-refractivity contribution in [2.75, 3.05) is 19.8 Å². The fourth-order valence-electron chi connectivity index (χ4n) is 3.22. The van der Waals surface area contributed by atoms with E-state index in [9.17, 15) is 0 Å². The maximum absolute atomic E-state index is 6.50. The summed E-state index contributed by atoms with van der Waals surface area (Å²) in [5.74, 6) is 0.516. The van der Waals surface area contributed by atoms with E-state index < -0.39 is 0 Å². The molecule has 0 amide bonds. The summed E-state index contributed by atoms with van der Waals surface area (Å²) in [4.78, 5) is 1.27. The zero-order valence-electron chi connectivity index (χ0n) is 10.9. The van der Waals surface area contributed by atoms with Gasteiger partial charge in [0, 0.05) is 35.2 Å². The third-order valence-electron chi connectivity index (χ3n) is 4.39. The normalized spacial score (nSPS) is 28.4. The fraction of sp³-hybridized carbons (Fsp3) is 0.714. The molecule has 2 unspecified atom stereocenters. The molecule has 5 heteroatoms. The minimum atomic E-state index is 0.0303. The Hall–Kier alpha value is 0.0600. The lowest BCUT2D eigenvalue weighted by molar-refractivity contribution is -0.149. The van der Waals surface area contributed by atoms with Gasteiger partial charge >= 0.3 is 0 Å². The standard InChI is InChI=1S/C14H20BrNO2S/c15-11-2-8-19-13(11)12(16)10-1-5-18-14(9-10)3-6-17-7-4-14/h2,8,10,12H,1,3-7,9,16H2. The predicted molar refractivity (Wildman–Crippen MR) is 80.4 cm³/mol. The van der Waals surface area contributed by atoms with Crippen LogP contribution < -0.4 is 5.73 Å². The molecule has 2 N–H and O–H groups in total. The van der Waals surface area contributed by atoms with Crippen molar-refractivity contribution in [2.45, 2.75) is 37.3 Å². The second-order valence-corrected chi connectivity index (χ2v) is 7.36. The molecule has 2 aliphatic heterocycles. The van der Waals surface area contributed by atoms with Crippen molar-refractivity contribution in [3.05, 3.63) is 20.8 Å². The molecule has 0 bridgehead atoms. The average molecular weight is 346 g/mol. The average Bonchev–Trinajstić information content (AvgIpc) is 2.85. The van der Waals surface area contributed by atoms with Crippen LogP contribution in [0.5, 0.6) is 0 Å². The van der Waals surface area contributed by atoms with Crippen molar-refractivity contribution in [1.82, 2.24) is 0 Å². The maximum atomic E-state index is 6.50. The molecule has 0 radical (unpaired) electrons. The van der Waals surface area contributed by atoms with E-state index in [4.69, 9.17) is 15.2 Å². The van der Waals surface area contributed by atoms with Crippen LogP contribution in [0.25, 0.3) is 0 Å². The van der Waals surface area contributed by atoms with Crippen LogP contribution in [0.1, 0.15) is 36.6 Å². The van der Waals surface area contributed by atoms with E-state index in [1.54, 1.807) is 11.3 Å². The Bertz CT molecular complexity index is 425. The highest BCUT2D eigenvalue weighted by Crippen LogP contribution is 2.43. The van der Waals surface area contributed by atoms with Crippen LogP contribution in [0.15, 0.2) is 15.9 Å². The summed E-state index contributed by atoms with van der Waals surface area (Å²) in [6.07, 6.45) is 4.17. The molecular formula is C14H20BrNO2S. The lowest BCUT2D eigenvalue weighted by Gasteiger charge is -2.44.